The second-order valence-corrected chi connectivity index (χ2v) is 6.61. The van der Waals surface area contributed by atoms with Crippen LogP contribution in [0.15, 0.2) is 29.3 Å². The summed E-state index contributed by atoms with van der Waals surface area (Å²) in [6.07, 6.45) is 3.30. The number of rotatable bonds is 8. The number of nitrogens with zero attached hydrogens (tertiary/aromatic N) is 2. The number of aromatic nitrogens is 2. The van der Waals surface area contributed by atoms with Crippen molar-refractivity contribution >= 4 is 16.8 Å². The van der Waals surface area contributed by atoms with Crippen molar-refractivity contribution in [2.75, 3.05) is 13.2 Å². The molecule has 0 aliphatic carbocycles. The number of hydrogen-bond donors (Lipinski definition) is 2. The molecule has 1 aromatic heterocycles. The Morgan fingerprint density at radius 1 is 1.32 bits per heavy atom. The fourth-order valence-electron chi connectivity index (χ4n) is 2.87. The molecule has 0 aliphatic heterocycles. The van der Waals surface area contributed by atoms with E-state index in [0.29, 0.717) is 17.4 Å². The van der Waals surface area contributed by atoms with E-state index in [-0.39, 0.29) is 36.5 Å². The fraction of sp³-hybridized carbons (Fsp3) is 0.526. The van der Waals surface area contributed by atoms with Crippen molar-refractivity contribution in [3.05, 3.63) is 40.4 Å². The number of amides is 1. The van der Waals surface area contributed by atoms with Gasteiger partial charge in [-0.15, -0.1) is 0 Å². The van der Waals surface area contributed by atoms with Crippen LogP contribution in [0.5, 0.6) is 0 Å². The molecule has 0 saturated heterocycles. The van der Waals surface area contributed by atoms with Gasteiger partial charge in [0.1, 0.15) is 0 Å². The van der Waals surface area contributed by atoms with Crippen molar-refractivity contribution in [2.24, 2.45) is 5.41 Å². The second kappa shape index (κ2) is 8.25. The molecule has 1 aromatic carbocycles. The molecule has 0 unspecified atom stereocenters. The van der Waals surface area contributed by atoms with E-state index in [1.54, 1.807) is 6.07 Å². The third-order valence-electron chi connectivity index (χ3n) is 5.13. The fourth-order valence-corrected chi connectivity index (χ4v) is 2.87. The molecule has 0 atom stereocenters. The van der Waals surface area contributed by atoms with E-state index in [1.165, 1.54) is 10.9 Å². The lowest BCUT2D eigenvalue weighted by molar-refractivity contribution is -0.122. The highest BCUT2D eigenvalue weighted by Gasteiger charge is 2.25. The molecule has 6 nitrogen and oxygen atoms in total. The molecule has 2 N–H and O–H groups in total. The summed E-state index contributed by atoms with van der Waals surface area (Å²) in [6, 6.07) is 5.51. The van der Waals surface area contributed by atoms with Crippen molar-refractivity contribution in [3.8, 4) is 0 Å². The van der Waals surface area contributed by atoms with Gasteiger partial charge in [-0.3, -0.25) is 14.2 Å². The van der Waals surface area contributed by atoms with Gasteiger partial charge in [0, 0.05) is 24.9 Å². The molecule has 0 fully saturated rings. The van der Waals surface area contributed by atoms with Crippen molar-refractivity contribution in [2.45, 2.75) is 46.6 Å². The Labute approximate surface area is 147 Å². The molecule has 0 bridgehead atoms. The van der Waals surface area contributed by atoms with Crippen LogP contribution in [0.2, 0.25) is 0 Å². The highest BCUT2D eigenvalue weighted by molar-refractivity contribution is 5.80. The lowest BCUT2D eigenvalue weighted by atomic mass is 9.83. The van der Waals surface area contributed by atoms with E-state index in [2.05, 4.69) is 10.3 Å². The van der Waals surface area contributed by atoms with Crippen LogP contribution in [0.1, 0.15) is 38.7 Å². The molecule has 1 amide bonds. The summed E-state index contributed by atoms with van der Waals surface area (Å²) in [5.41, 5.74) is 1.26. The number of benzene rings is 1. The zero-order valence-electron chi connectivity index (χ0n) is 15.2. The number of carbonyl (C=O) groups excluding carboxylic acids is 1. The molecule has 2 aromatic rings. The van der Waals surface area contributed by atoms with Crippen molar-refractivity contribution < 1.29 is 9.90 Å². The van der Waals surface area contributed by atoms with Gasteiger partial charge in [-0.25, -0.2) is 4.98 Å². The van der Waals surface area contributed by atoms with E-state index in [4.69, 9.17) is 0 Å². The van der Waals surface area contributed by atoms with Crippen LogP contribution in [0.3, 0.4) is 0 Å². The molecule has 0 saturated carbocycles. The minimum absolute atomic E-state index is 0.0493. The highest BCUT2D eigenvalue weighted by atomic mass is 16.3. The highest BCUT2D eigenvalue weighted by Crippen LogP contribution is 2.24. The summed E-state index contributed by atoms with van der Waals surface area (Å²) in [6.45, 7) is 6.71. The van der Waals surface area contributed by atoms with Gasteiger partial charge in [0.15, 0.2) is 0 Å². The van der Waals surface area contributed by atoms with E-state index >= 15 is 0 Å². The second-order valence-electron chi connectivity index (χ2n) is 6.61. The van der Waals surface area contributed by atoms with E-state index in [1.807, 2.05) is 32.9 Å². The van der Waals surface area contributed by atoms with Crippen LogP contribution < -0.4 is 10.9 Å². The number of aliphatic hydroxyl groups is 1. The van der Waals surface area contributed by atoms with E-state index < -0.39 is 0 Å². The first kappa shape index (κ1) is 19.1. The average molecular weight is 345 g/mol. The number of para-hydroxylation sites is 1. The number of hydrogen-bond acceptors (Lipinski definition) is 4. The predicted molar refractivity (Wildman–Crippen MR) is 98.5 cm³/mol. The Balaban J connectivity index is 2.02. The third kappa shape index (κ3) is 4.25. The largest absolute Gasteiger partial charge is 0.396 e. The zero-order valence-corrected chi connectivity index (χ0v) is 15.2. The monoisotopic (exact) mass is 345 g/mol. The summed E-state index contributed by atoms with van der Waals surface area (Å²) in [7, 11) is 0. The first-order valence-corrected chi connectivity index (χ1v) is 8.78. The summed E-state index contributed by atoms with van der Waals surface area (Å²) in [4.78, 5) is 29.0. The lowest BCUT2D eigenvalue weighted by Crippen LogP contribution is -2.39. The van der Waals surface area contributed by atoms with Gasteiger partial charge in [0.05, 0.1) is 23.8 Å². The topological polar surface area (TPSA) is 84.2 Å². The average Bonchev–Trinajstić information content (AvgIpc) is 2.63. The van der Waals surface area contributed by atoms with Crippen LogP contribution in [0.4, 0.5) is 0 Å². The van der Waals surface area contributed by atoms with Gasteiger partial charge in [0.2, 0.25) is 5.91 Å². The van der Waals surface area contributed by atoms with E-state index in [9.17, 15) is 14.7 Å². The first-order chi connectivity index (χ1) is 12.0. The minimum Gasteiger partial charge on any atom is -0.396 e. The Morgan fingerprint density at radius 3 is 2.68 bits per heavy atom. The van der Waals surface area contributed by atoms with Crippen LogP contribution in [-0.2, 0) is 11.3 Å². The number of fused-ring (bicyclic) bond motifs is 1. The van der Waals surface area contributed by atoms with Crippen LogP contribution in [0, 0.1) is 12.3 Å². The Hall–Kier alpha value is -2.21. The number of aryl methyl sites for hydroxylation is 2. The Kier molecular flexibility index (Phi) is 6.31. The summed E-state index contributed by atoms with van der Waals surface area (Å²) in [5.74, 6) is -0.129. The lowest BCUT2D eigenvalue weighted by Gasteiger charge is -2.29. The van der Waals surface area contributed by atoms with Crippen molar-refractivity contribution in [1.29, 1.82) is 0 Å². The van der Waals surface area contributed by atoms with Gasteiger partial charge < -0.3 is 10.4 Å². The van der Waals surface area contributed by atoms with Crippen LogP contribution >= 0.6 is 0 Å². The molecule has 0 aliphatic rings. The number of aliphatic hydroxyl groups excluding tert-OH is 1. The van der Waals surface area contributed by atoms with Gasteiger partial charge in [-0.2, -0.15) is 0 Å². The molecular weight excluding hydrogens is 318 g/mol. The van der Waals surface area contributed by atoms with E-state index in [0.717, 1.165) is 18.4 Å². The van der Waals surface area contributed by atoms with Gasteiger partial charge >= 0.3 is 0 Å². The molecule has 1 heterocycles. The number of nitrogens with one attached hydrogen (secondary N) is 1. The predicted octanol–water partition coefficient (Wildman–Crippen LogP) is 2.01. The summed E-state index contributed by atoms with van der Waals surface area (Å²) in [5, 5.41) is 13.0. The van der Waals surface area contributed by atoms with Crippen LogP contribution in [-0.4, -0.2) is 33.7 Å². The molecular formula is C19H27N3O3. The zero-order chi connectivity index (χ0) is 18.4. The minimum atomic E-state index is -0.269. The molecule has 0 radical (unpaired) electrons. The van der Waals surface area contributed by atoms with Crippen molar-refractivity contribution in [1.82, 2.24) is 14.9 Å². The standard InChI is InChI=1S/C19H27N3O3/c1-4-19(5-2,12-23)11-20-16(24)9-10-22-13-21-17-14(3)7-6-8-15(17)18(22)25/h6-8,13,23H,4-5,9-12H2,1-3H3,(H,20,24). The quantitative estimate of drug-likeness (QED) is 0.766. The van der Waals surface area contributed by atoms with Gasteiger partial charge in [-0.1, -0.05) is 26.0 Å². The van der Waals surface area contributed by atoms with Gasteiger partial charge in [-0.05, 0) is 31.4 Å². The summed E-state index contributed by atoms with van der Waals surface area (Å²) >= 11 is 0. The molecule has 0 spiro atoms. The maximum atomic E-state index is 12.5. The maximum absolute atomic E-state index is 12.5. The maximum Gasteiger partial charge on any atom is 0.261 e. The molecule has 6 heteroatoms. The molecule has 136 valence electrons. The smallest absolute Gasteiger partial charge is 0.261 e. The SMILES string of the molecule is CCC(CC)(CO)CNC(=O)CCn1cnc2c(C)cccc2c1=O. The first-order valence-electron chi connectivity index (χ1n) is 8.78. The normalized spacial score (nSPS) is 11.7. The van der Waals surface area contributed by atoms with Gasteiger partial charge in [0.25, 0.3) is 5.56 Å². The van der Waals surface area contributed by atoms with Crippen LogP contribution in [0.25, 0.3) is 10.9 Å². The number of carbonyl (C=O) groups is 1. The Morgan fingerprint density at radius 2 is 2.04 bits per heavy atom. The third-order valence-corrected chi connectivity index (χ3v) is 5.13. The summed E-state index contributed by atoms with van der Waals surface area (Å²) < 4.78 is 1.47. The molecule has 25 heavy (non-hydrogen) atoms. The molecule has 2 rings (SSSR count). The van der Waals surface area contributed by atoms with Crippen molar-refractivity contribution in [3.63, 3.8) is 0 Å². The Bertz CT molecular complexity index is 786.